The molecule has 0 spiro atoms. The van der Waals surface area contributed by atoms with Crippen molar-refractivity contribution in [3.63, 3.8) is 0 Å². The topological polar surface area (TPSA) is 75.9 Å². The molecule has 1 N–H and O–H groups in total. The molecule has 1 atom stereocenters. The summed E-state index contributed by atoms with van der Waals surface area (Å²) in [7, 11) is 3.38. The first kappa shape index (κ1) is 14.8. The van der Waals surface area contributed by atoms with E-state index in [1.807, 2.05) is 4.68 Å². The van der Waals surface area contributed by atoms with Crippen molar-refractivity contribution in [1.82, 2.24) is 24.6 Å². The Labute approximate surface area is 133 Å². The molecule has 3 heterocycles. The maximum Gasteiger partial charge on any atom is 0.254 e. The number of aromatic nitrogens is 4. The maximum atomic E-state index is 11.9. The zero-order valence-corrected chi connectivity index (χ0v) is 13.2. The van der Waals surface area contributed by atoms with E-state index in [0.717, 1.165) is 25.2 Å². The summed E-state index contributed by atoms with van der Waals surface area (Å²) in [6.07, 6.45) is 5.05. The molecule has 0 saturated carbocycles. The molecule has 2 aromatic rings. The van der Waals surface area contributed by atoms with Crippen LogP contribution in [-0.4, -0.2) is 44.7 Å². The Morgan fingerprint density at radius 3 is 3.00 bits per heavy atom. The first-order valence-electron chi connectivity index (χ1n) is 7.07. The smallest absolute Gasteiger partial charge is 0.254 e. The van der Waals surface area contributed by atoms with Crippen molar-refractivity contribution >= 4 is 23.3 Å². The molecular formula is C14H17ClN6O. The second-order valence-electron chi connectivity index (χ2n) is 5.43. The van der Waals surface area contributed by atoms with Gasteiger partial charge < -0.3 is 10.2 Å². The molecule has 0 aliphatic carbocycles. The zero-order valence-electron chi connectivity index (χ0n) is 12.5. The number of aryl methyl sites for hydroxylation is 1. The summed E-state index contributed by atoms with van der Waals surface area (Å²) < 4.78 is 1.89. The van der Waals surface area contributed by atoms with Crippen LogP contribution in [0.15, 0.2) is 18.6 Å². The van der Waals surface area contributed by atoms with E-state index in [1.54, 1.807) is 26.5 Å². The summed E-state index contributed by atoms with van der Waals surface area (Å²) in [5, 5.41) is 7.91. The molecule has 0 aromatic carbocycles. The predicted octanol–water partition coefficient (Wildman–Crippen LogP) is 1.98. The van der Waals surface area contributed by atoms with Crippen molar-refractivity contribution in [1.29, 1.82) is 0 Å². The van der Waals surface area contributed by atoms with Gasteiger partial charge >= 0.3 is 0 Å². The van der Waals surface area contributed by atoms with E-state index in [-0.39, 0.29) is 11.9 Å². The number of anilines is 1. The van der Waals surface area contributed by atoms with Gasteiger partial charge in [0.05, 0.1) is 16.6 Å². The Morgan fingerprint density at radius 1 is 1.45 bits per heavy atom. The van der Waals surface area contributed by atoms with Crippen LogP contribution in [0.5, 0.6) is 0 Å². The Morgan fingerprint density at radius 2 is 2.27 bits per heavy atom. The normalized spacial score (nSPS) is 17.0. The second-order valence-corrected chi connectivity index (χ2v) is 5.84. The average Bonchev–Trinajstić information content (AvgIpc) is 2.98. The number of nitrogens with zero attached hydrogens (tertiary/aromatic N) is 5. The fraction of sp³-hybridized carbons (Fsp3) is 0.429. The molecule has 1 aliphatic heterocycles. The maximum absolute atomic E-state index is 11.9. The first-order chi connectivity index (χ1) is 10.6. The largest absolute Gasteiger partial charge is 0.359 e. The molecule has 0 fully saturated rings. The van der Waals surface area contributed by atoms with E-state index in [4.69, 9.17) is 11.6 Å². The molecule has 3 rings (SSSR count). The van der Waals surface area contributed by atoms with E-state index in [2.05, 4.69) is 20.4 Å². The lowest BCUT2D eigenvalue weighted by Gasteiger charge is -2.24. The van der Waals surface area contributed by atoms with Crippen LogP contribution in [0.3, 0.4) is 0 Å². The van der Waals surface area contributed by atoms with Crippen LogP contribution in [0.4, 0.5) is 5.82 Å². The number of pyridine rings is 1. The average molecular weight is 321 g/mol. The molecule has 0 bridgehead atoms. The van der Waals surface area contributed by atoms with Crippen LogP contribution in [-0.2, 0) is 6.54 Å². The number of halogens is 1. The number of hydrogen-bond donors (Lipinski definition) is 1. The molecule has 22 heavy (non-hydrogen) atoms. The number of nitrogens with one attached hydrogen (secondary N) is 1. The van der Waals surface area contributed by atoms with E-state index in [0.29, 0.717) is 16.4 Å². The van der Waals surface area contributed by atoms with Gasteiger partial charge in [0.15, 0.2) is 0 Å². The molecule has 2 aromatic heterocycles. The third-order valence-electron chi connectivity index (χ3n) is 3.63. The van der Waals surface area contributed by atoms with E-state index in [1.165, 1.54) is 11.1 Å². The summed E-state index contributed by atoms with van der Waals surface area (Å²) in [5.41, 5.74) is 0.465. The minimum atomic E-state index is -0.127. The van der Waals surface area contributed by atoms with Crippen molar-refractivity contribution in [2.24, 2.45) is 0 Å². The van der Waals surface area contributed by atoms with Gasteiger partial charge in [-0.25, -0.2) is 14.6 Å². The fourth-order valence-electron chi connectivity index (χ4n) is 2.51. The van der Waals surface area contributed by atoms with Gasteiger partial charge in [0.25, 0.3) is 5.91 Å². The van der Waals surface area contributed by atoms with Gasteiger partial charge in [-0.05, 0) is 18.9 Å². The zero-order chi connectivity index (χ0) is 15.7. The molecule has 116 valence electrons. The lowest BCUT2D eigenvalue weighted by atomic mass is 10.1. The predicted molar refractivity (Wildman–Crippen MR) is 82.9 cm³/mol. The van der Waals surface area contributed by atoms with E-state index < -0.39 is 0 Å². The van der Waals surface area contributed by atoms with Gasteiger partial charge in [-0.15, -0.1) is 0 Å². The number of hydrogen-bond acceptors (Lipinski definition) is 5. The Kier molecular flexibility index (Phi) is 3.98. The number of rotatable bonds is 3. The highest BCUT2D eigenvalue weighted by molar-refractivity contribution is 6.33. The molecule has 0 saturated heterocycles. The third-order valence-corrected chi connectivity index (χ3v) is 3.91. The first-order valence-corrected chi connectivity index (χ1v) is 7.45. The fourth-order valence-corrected chi connectivity index (χ4v) is 2.73. The Hall–Kier alpha value is -2.15. The van der Waals surface area contributed by atoms with Crippen LogP contribution < -0.4 is 5.32 Å². The van der Waals surface area contributed by atoms with Crippen LogP contribution in [0.25, 0.3) is 0 Å². The monoisotopic (exact) mass is 320 g/mol. The van der Waals surface area contributed by atoms with Crippen LogP contribution in [0.1, 0.15) is 35.1 Å². The molecule has 0 radical (unpaired) electrons. The van der Waals surface area contributed by atoms with Gasteiger partial charge in [0.1, 0.15) is 18.0 Å². The van der Waals surface area contributed by atoms with Gasteiger partial charge in [-0.1, -0.05) is 11.6 Å². The van der Waals surface area contributed by atoms with Gasteiger partial charge in [-0.2, -0.15) is 5.10 Å². The third kappa shape index (κ3) is 2.76. The Balaban J connectivity index is 1.81. The van der Waals surface area contributed by atoms with Crippen molar-refractivity contribution < 1.29 is 4.79 Å². The second kappa shape index (κ2) is 5.92. The van der Waals surface area contributed by atoms with Crippen molar-refractivity contribution in [3.8, 4) is 0 Å². The quantitative estimate of drug-likeness (QED) is 0.935. The molecule has 0 unspecified atom stereocenters. The highest BCUT2D eigenvalue weighted by Gasteiger charge is 2.23. The summed E-state index contributed by atoms with van der Waals surface area (Å²) in [6.45, 7) is 0.880. The number of carbonyl (C=O) groups excluding carboxylic acids is 1. The summed E-state index contributed by atoms with van der Waals surface area (Å²) in [4.78, 5) is 22.0. The van der Waals surface area contributed by atoms with Crippen molar-refractivity contribution in [2.45, 2.75) is 25.4 Å². The minimum absolute atomic E-state index is 0.0247. The highest BCUT2D eigenvalue weighted by Crippen LogP contribution is 2.29. The SMILES string of the molecule is CN(C)C(=O)c1cnc(N[C@@H]2CCCn3ncnc32)c(Cl)c1. The molecular weight excluding hydrogens is 304 g/mol. The van der Waals surface area contributed by atoms with Crippen molar-refractivity contribution in [3.05, 3.63) is 35.0 Å². The number of amides is 1. The summed E-state index contributed by atoms with van der Waals surface area (Å²) in [6, 6.07) is 1.66. The summed E-state index contributed by atoms with van der Waals surface area (Å²) in [5.74, 6) is 1.31. The highest BCUT2D eigenvalue weighted by atomic mass is 35.5. The lowest BCUT2D eigenvalue weighted by Crippen LogP contribution is -2.24. The molecule has 1 aliphatic rings. The van der Waals surface area contributed by atoms with Crippen LogP contribution in [0.2, 0.25) is 5.02 Å². The standard InChI is InChI=1S/C14H17ClN6O/c1-20(2)14(22)9-6-10(15)12(16-7-9)19-11-4-3-5-21-13(11)17-8-18-21/h6-8,11H,3-5H2,1-2H3,(H,16,19)/t11-/m1/s1. The minimum Gasteiger partial charge on any atom is -0.359 e. The summed E-state index contributed by atoms with van der Waals surface area (Å²) >= 11 is 6.26. The van der Waals surface area contributed by atoms with E-state index in [9.17, 15) is 4.79 Å². The van der Waals surface area contributed by atoms with Gasteiger partial charge in [0, 0.05) is 26.8 Å². The van der Waals surface area contributed by atoms with Gasteiger partial charge in [0.2, 0.25) is 0 Å². The van der Waals surface area contributed by atoms with Gasteiger partial charge in [-0.3, -0.25) is 4.79 Å². The lowest BCUT2D eigenvalue weighted by molar-refractivity contribution is 0.0827. The van der Waals surface area contributed by atoms with Crippen molar-refractivity contribution in [2.75, 3.05) is 19.4 Å². The molecule has 8 heteroatoms. The van der Waals surface area contributed by atoms with E-state index >= 15 is 0 Å². The van der Waals surface area contributed by atoms with Crippen LogP contribution in [0, 0.1) is 0 Å². The van der Waals surface area contributed by atoms with Crippen LogP contribution >= 0.6 is 11.6 Å². The number of fused-ring (bicyclic) bond motifs is 1. The molecule has 7 nitrogen and oxygen atoms in total. The Bertz CT molecular complexity index is 698. The number of carbonyl (C=O) groups is 1. The molecule has 1 amide bonds.